The summed E-state index contributed by atoms with van der Waals surface area (Å²) in [6, 6.07) is 9.20. The van der Waals surface area contributed by atoms with Crippen LogP contribution in [0.3, 0.4) is 0 Å². The molecule has 0 bridgehead atoms. The van der Waals surface area contributed by atoms with Gasteiger partial charge in [-0.15, -0.1) is 0 Å². The van der Waals surface area contributed by atoms with Crippen LogP contribution in [0, 0.1) is 0 Å². The highest BCUT2D eigenvalue weighted by molar-refractivity contribution is 5.48. The van der Waals surface area contributed by atoms with Crippen LogP contribution in [0.15, 0.2) is 24.3 Å². The van der Waals surface area contributed by atoms with Crippen molar-refractivity contribution in [3.63, 3.8) is 0 Å². The summed E-state index contributed by atoms with van der Waals surface area (Å²) in [5.41, 5.74) is 2.83. The van der Waals surface area contributed by atoms with Gasteiger partial charge in [0.1, 0.15) is 0 Å². The molecular weight excluding hydrogens is 282 g/mol. The van der Waals surface area contributed by atoms with Crippen LogP contribution in [0.1, 0.15) is 44.6 Å². The smallest absolute Gasteiger partial charge is 0.0367 e. The van der Waals surface area contributed by atoms with Gasteiger partial charge in [0, 0.05) is 45.0 Å². The van der Waals surface area contributed by atoms with Crippen molar-refractivity contribution in [2.24, 2.45) is 0 Å². The standard InChI is InChI=1S/C20H33N3/c1-18(2)19-6-8-20(9-7-19)23-16-14-22(15-17-23)13-12-21-10-4-3-5-11-21/h6-9,18H,3-5,10-17H2,1-2H3. The summed E-state index contributed by atoms with van der Waals surface area (Å²) in [6.07, 6.45) is 4.24. The number of nitrogens with zero attached hydrogens (tertiary/aromatic N) is 3. The van der Waals surface area contributed by atoms with Gasteiger partial charge in [-0.1, -0.05) is 32.4 Å². The predicted molar refractivity (Wildman–Crippen MR) is 99.5 cm³/mol. The van der Waals surface area contributed by atoms with Crippen molar-refractivity contribution >= 4 is 5.69 Å². The van der Waals surface area contributed by atoms with Crippen LogP contribution in [0.4, 0.5) is 5.69 Å². The van der Waals surface area contributed by atoms with Crippen LogP contribution < -0.4 is 4.90 Å². The van der Waals surface area contributed by atoms with E-state index in [-0.39, 0.29) is 0 Å². The quantitative estimate of drug-likeness (QED) is 0.824. The van der Waals surface area contributed by atoms with E-state index in [9.17, 15) is 0 Å². The van der Waals surface area contributed by atoms with Gasteiger partial charge in [0.05, 0.1) is 0 Å². The summed E-state index contributed by atoms with van der Waals surface area (Å²) in [4.78, 5) is 7.84. The van der Waals surface area contributed by atoms with Gasteiger partial charge < -0.3 is 9.80 Å². The average Bonchev–Trinajstić information content (AvgIpc) is 2.61. The maximum absolute atomic E-state index is 2.65. The lowest BCUT2D eigenvalue weighted by Gasteiger charge is -2.37. The summed E-state index contributed by atoms with van der Waals surface area (Å²) in [6.45, 7) is 14.4. The summed E-state index contributed by atoms with van der Waals surface area (Å²) in [5, 5.41) is 0. The third kappa shape index (κ3) is 4.71. The van der Waals surface area contributed by atoms with Crippen molar-refractivity contribution in [2.75, 3.05) is 57.3 Å². The zero-order valence-corrected chi connectivity index (χ0v) is 15.0. The summed E-state index contributed by atoms with van der Waals surface area (Å²) >= 11 is 0. The molecule has 0 aromatic heterocycles. The van der Waals surface area contributed by atoms with Gasteiger partial charge in [-0.25, -0.2) is 0 Å². The monoisotopic (exact) mass is 315 g/mol. The third-order valence-corrected chi connectivity index (χ3v) is 5.48. The van der Waals surface area contributed by atoms with E-state index in [2.05, 4.69) is 52.8 Å². The first-order valence-electron chi connectivity index (χ1n) is 9.52. The molecule has 0 aliphatic carbocycles. The highest BCUT2D eigenvalue weighted by Crippen LogP contribution is 2.21. The van der Waals surface area contributed by atoms with E-state index < -0.39 is 0 Å². The maximum Gasteiger partial charge on any atom is 0.0367 e. The van der Waals surface area contributed by atoms with E-state index in [0.717, 1.165) is 0 Å². The molecule has 0 saturated carbocycles. The summed E-state index contributed by atoms with van der Waals surface area (Å²) < 4.78 is 0. The Morgan fingerprint density at radius 2 is 1.30 bits per heavy atom. The van der Waals surface area contributed by atoms with Gasteiger partial charge in [-0.3, -0.25) is 4.90 Å². The molecule has 0 N–H and O–H groups in total. The van der Waals surface area contributed by atoms with E-state index >= 15 is 0 Å². The van der Waals surface area contributed by atoms with Gasteiger partial charge in [0.15, 0.2) is 0 Å². The lowest BCUT2D eigenvalue weighted by atomic mass is 10.0. The molecule has 0 radical (unpaired) electrons. The van der Waals surface area contributed by atoms with Gasteiger partial charge in [0.2, 0.25) is 0 Å². The fraction of sp³-hybridized carbons (Fsp3) is 0.700. The molecule has 0 atom stereocenters. The normalized spacial score (nSPS) is 21.1. The lowest BCUT2D eigenvalue weighted by molar-refractivity contribution is 0.177. The zero-order valence-electron chi connectivity index (χ0n) is 15.0. The molecule has 1 aromatic carbocycles. The zero-order chi connectivity index (χ0) is 16.1. The van der Waals surface area contributed by atoms with Crippen LogP contribution in [-0.4, -0.2) is 62.2 Å². The second kappa shape index (κ2) is 8.16. The average molecular weight is 316 g/mol. The Bertz CT molecular complexity index is 454. The minimum Gasteiger partial charge on any atom is -0.369 e. The Morgan fingerprint density at radius 1 is 0.739 bits per heavy atom. The van der Waals surface area contributed by atoms with Gasteiger partial charge in [-0.05, 0) is 49.5 Å². The van der Waals surface area contributed by atoms with E-state index in [1.54, 1.807) is 0 Å². The Hall–Kier alpha value is -1.06. The number of benzene rings is 1. The van der Waals surface area contributed by atoms with Crippen molar-refractivity contribution in [2.45, 2.75) is 39.0 Å². The third-order valence-electron chi connectivity index (χ3n) is 5.48. The van der Waals surface area contributed by atoms with Crippen molar-refractivity contribution in [1.82, 2.24) is 9.80 Å². The molecule has 3 nitrogen and oxygen atoms in total. The molecule has 3 rings (SSSR count). The van der Waals surface area contributed by atoms with E-state index in [1.807, 2.05) is 0 Å². The molecule has 2 saturated heterocycles. The number of hydrogen-bond donors (Lipinski definition) is 0. The van der Waals surface area contributed by atoms with E-state index in [1.165, 1.54) is 82.9 Å². The Labute approximate surface area is 142 Å². The fourth-order valence-corrected chi connectivity index (χ4v) is 3.77. The highest BCUT2D eigenvalue weighted by Gasteiger charge is 2.18. The minimum atomic E-state index is 0.621. The molecule has 0 amide bonds. The van der Waals surface area contributed by atoms with Crippen molar-refractivity contribution in [3.8, 4) is 0 Å². The predicted octanol–water partition coefficient (Wildman–Crippen LogP) is 3.42. The molecule has 0 spiro atoms. The van der Waals surface area contributed by atoms with Crippen molar-refractivity contribution in [3.05, 3.63) is 29.8 Å². The van der Waals surface area contributed by atoms with Crippen LogP contribution in [0.25, 0.3) is 0 Å². The van der Waals surface area contributed by atoms with E-state index in [0.29, 0.717) is 5.92 Å². The minimum absolute atomic E-state index is 0.621. The topological polar surface area (TPSA) is 9.72 Å². The largest absolute Gasteiger partial charge is 0.369 e. The highest BCUT2D eigenvalue weighted by atomic mass is 15.3. The van der Waals surface area contributed by atoms with Crippen LogP contribution in [0.2, 0.25) is 0 Å². The maximum atomic E-state index is 2.65. The molecule has 2 fully saturated rings. The molecule has 2 aliphatic rings. The molecular formula is C20H33N3. The number of piperazine rings is 1. The van der Waals surface area contributed by atoms with Crippen molar-refractivity contribution in [1.29, 1.82) is 0 Å². The second-order valence-electron chi connectivity index (χ2n) is 7.48. The lowest BCUT2D eigenvalue weighted by Crippen LogP contribution is -2.48. The number of likely N-dealkylation sites (tertiary alicyclic amines) is 1. The molecule has 128 valence electrons. The number of hydrogen-bond acceptors (Lipinski definition) is 3. The SMILES string of the molecule is CC(C)c1ccc(N2CCN(CCN3CCCCC3)CC2)cc1. The summed E-state index contributed by atoms with van der Waals surface area (Å²) in [7, 11) is 0. The van der Waals surface area contributed by atoms with E-state index in [4.69, 9.17) is 0 Å². The summed E-state index contributed by atoms with van der Waals surface area (Å²) in [5.74, 6) is 0.621. The number of anilines is 1. The van der Waals surface area contributed by atoms with Crippen LogP contribution in [0.5, 0.6) is 0 Å². The number of piperidine rings is 1. The van der Waals surface area contributed by atoms with Gasteiger partial charge in [0.25, 0.3) is 0 Å². The first-order chi connectivity index (χ1) is 11.2. The molecule has 3 heteroatoms. The Morgan fingerprint density at radius 3 is 1.87 bits per heavy atom. The van der Waals surface area contributed by atoms with Crippen LogP contribution in [-0.2, 0) is 0 Å². The molecule has 2 heterocycles. The van der Waals surface area contributed by atoms with Crippen LogP contribution >= 0.6 is 0 Å². The number of rotatable bonds is 5. The second-order valence-corrected chi connectivity index (χ2v) is 7.48. The van der Waals surface area contributed by atoms with Crippen molar-refractivity contribution < 1.29 is 0 Å². The molecule has 0 unspecified atom stereocenters. The molecule has 1 aromatic rings. The molecule has 23 heavy (non-hydrogen) atoms. The van der Waals surface area contributed by atoms with Gasteiger partial charge in [-0.2, -0.15) is 0 Å². The fourth-order valence-electron chi connectivity index (χ4n) is 3.77. The Balaban J connectivity index is 1.42. The first-order valence-corrected chi connectivity index (χ1v) is 9.52. The molecule has 2 aliphatic heterocycles. The first kappa shape index (κ1) is 16.8. The van der Waals surface area contributed by atoms with Gasteiger partial charge >= 0.3 is 0 Å². The Kier molecular flexibility index (Phi) is 5.96.